The van der Waals surface area contributed by atoms with Crippen molar-refractivity contribution in [3.8, 4) is 0 Å². The number of piperazine rings is 1. The van der Waals surface area contributed by atoms with Gasteiger partial charge in [-0.3, -0.25) is 9.59 Å². The monoisotopic (exact) mass is 312 g/mol. The molecule has 5 nitrogen and oxygen atoms in total. The van der Waals surface area contributed by atoms with Crippen molar-refractivity contribution in [2.24, 2.45) is 0 Å². The van der Waals surface area contributed by atoms with Crippen LogP contribution in [0.5, 0.6) is 0 Å². The van der Waals surface area contributed by atoms with Crippen molar-refractivity contribution < 1.29 is 14.0 Å². The molecular formula is C18H20N2O3. The van der Waals surface area contributed by atoms with Crippen molar-refractivity contribution in [2.75, 3.05) is 26.2 Å². The standard InChI is InChI=1S/C18H20N2O3/c1-13-5-3-6-15(14(13)2)17(21)19-8-10-20(11-9-19)18(22)16-7-4-12-23-16/h3-7,12H,8-11H2,1-2H3. The number of carbonyl (C=O) groups excluding carboxylic acids is 2. The Morgan fingerprint density at radius 3 is 2.17 bits per heavy atom. The van der Waals surface area contributed by atoms with Crippen LogP contribution in [0.1, 0.15) is 32.0 Å². The molecule has 3 rings (SSSR count). The third-order valence-corrected chi connectivity index (χ3v) is 4.42. The first-order chi connectivity index (χ1) is 11.1. The Morgan fingerprint density at radius 2 is 1.57 bits per heavy atom. The molecule has 23 heavy (non-hydrogen) atoms. The van der Waals surface area contributed by atoms with Gasteiger partial charge in [0, 0.05) is 31.7 Å². The summed E-state index contributed by atoms with van der Waals surface area (Å²) in [4.78, 5) is 28.5. The summed E-state index contributed by atoms with van der Waals surface area (Å²) >= 11 is 0. The van der Waals surface area contributed by atoms with Gasteiger partial charge in [0.1, 0.15) is 0 Å². The van der Waals surface area contributed by atoms with Gasteiger partial charge in [0.05, 0.1) is 6.26 Å². The van der Waals surface area contributed by atoms with E-state index < -0.39 is 0 Å². The predicted octanol–water partition coefficient (Wildman–Crippen LogP) is 2.49. The number of aryl methyl sites for hydroxylation is 1. The van der Waals surface area contributed by atoms with Crippen LogP contribution in [-0.4, -0.2) is 47.8 Å². The molecule has 1 aliphatic heterocycles. The van der Waals surface area contributed by atoms with E-state index in [0.717, 1.165) is 16.7 Å². The smallest absolute Gasteiger partial charge is 0.289 e. The molecule has 1 aliphatic rings. The zero-order valence-corrected chi connectivity index (χ0v) is 13.4. The highest BCUT2D eigenvalue weighted by molar-refractivity contribution is 5.96. The molecule has 120 valence electrons. The van der Waals surface area contributed by atoms with Gasteiger partial charge < -0.3 is 14.2 Å². The van der Waals surface area contributed by atoms with Crippen LogP contribution >= 0.6 is 0 Å². The molecule has 1 saturated heterocycles. The van der Waals surface area contributed by atoms with Crippen molar-refractivity contribution in [1.82, 2.24) is 9.80 Å². The van der Waals surface area contributed by atoms with Gasteiger partial charge in [0.25, 0.3) is 11.8 Å². The fourth-order valence-electron chi connectivity index (χ4n) is 2.82. The molecule has 5 heteroatoms. The van der Waals surface area contributed by atoms with E-state index in [4.69, 9.17) is 4.42 Å². The molecule has 0 unspecified atom stereocenters. The van der Waals surface area contributed by atoms with E-state index in [-0.39, 0.29) is 11.8 Å². The quantitative estimate of drug-likeness (QED) is 0.856. The fourth-order valence-corrected chi connectivity index (χ4v) is 2.82. The lowest BCUT2D eigenvalue weighted by molar-refractivity contribution is 0.0517. The van der Waals surface area contributed by atoms with Crippen LogP contribution in [0.4, 0.5) is 0 Å². The molecular weight excluding hydrogens is 292 g/mol. The lowest BCUT2D eigenvalue weighted by Gasteiger charge is -2.34. The summed E-state index contributed by atoms with van der Waals surface area (Å²) in [5.41, 5.74) is 2.88. The van der Waals surface area contributed by atoms with Crippen molar-refractivity contribution in [3.63, 3.8) is 0 Å². The Morgan fingerprint density at radius 1 is 0.913 bits per heavy atom. The molecule has 0 aliphatic carbocycles. The van der Waals surface area contributed by atoms with E-state index in [0.29, 0.717) is 31.9 Å². The number of benzene rings is 1. The van der Waals surface area contributed by atoms with Crippen LogP contribution < -0.4 is 0 Å². The lowest BCUT2D eigenvalue weighted by atomic mass is 10.0. The Hall–Kier alpha value is -2.56. The van der Waals surface area contributed by atoms with Crippen LogP contribution in [0.3, 0.4) is 0 Å². The molecule has 1 fully saturated rings. The van der Waals surface area contributed by atoms with Gasteiger partial charge in [-0.05, 0) is 43.2 Å². The zero-order chi connectivity index (χ0) is 16.4. The maximum atomic E-state index is 12.7. The lowest BCUT2D eigenvalue weighted by Crippen LogP contribution is -2.50. The second-order valence-electron chi connectivity index (χ2n) is 5.81. The summed E-state index contributed by atoms with van der Waals surface area (Å²) in [5.74, 6) is 0.268. The van der Waals surface area contributed by atoms with Crippen molar-refractivity contribution >= 4 is 11.8 Å². The van der Waals surface area contributed by atoms with Crippen molar-refractivity contribution in [1.29, 1.82) is 0 Å². The average molecular weight is 312 g/mol. The predicted molar refractivity (Wildman–Crippen MR) is 86.4 cm³/mol. The van der Waals surface area contributed by atoms with E-state index in [1.807, 2.05) is 36.9 Å². The first kappa shape index (κ1) is 15.3. The van der Waals surface area contributed by atoms with Crippen LogP contribution in [-0.2, 0) is 0 Å². The third kappa shape index (κ3) is 2.99. The SMILES string of the molecule is Cc1cccc(C(=O)N2CCN(C(=O)c3ccco3)CC2)c1C. The average Bonchev–Trinajstić information content (AvgIpc) is 3.11. The van der Waals surface area contributed by atoms with E-state index in [1.165, 1.54) is 6.26 Å². The Kier molecular flexibility index (Phi) is 4.19. The Labute approximate surface area is 135 Å². The van der Waals surface area contributed by atoms with Gasteiger partial charge in [0.2, 0.25) is 0 Å². The normalized spacial score (nSPS) is 14.9. The molecule has 0 N–H and O–H groups in total. The van der Waals surface area contributed by atoms with Gasteiger partial charge in [-0.15, -0.1) is 0 Å². The van der Waals surface area contributed by atoms with Gasteiger partial charge >= 0.3 is 0 Å². The van der Waals surface area contributed by atoms with E-state index in [9.17, 15) is 9.59 Å². The number of furan rings is 1. The number of nitrogens with zero attached hydrogens (tertiary/aromatic N) is 2. The minimum Gasteiger partial charge on any atom is -0.459 e. The van der Waals surface area contributed by atoms with Gasteiger partial charge in [0.15, 0.2) is 5.76 Å². The minimum atomic E-state index is -0.117. The number of carbonyl (C=O) groups is 2. The maximum Gasteiger partial charge on any atom is 0.289 e. The molecule has 2 aromatic rings. The van der Waals surface area contributed by atoms with Gasteiger partial charge in [-0.25, -0.2) is 0 Å². The molecule has 0 spiro atoms. The Bertz CT molecular complexity index is 714. The number of amides is 2. The van der Waals surface area contributed by atoms with E-state index in [1.54, 1.807) is 17.0 Å². The zero-order valence-electron chi connectivity index (χ0n) is 13.4. The van der Waals surface area contributed by atoms with Crippen LogP contribution in [0, 0.1) is 13.8 Å². The van der Waals surface area contributed by atoms with E-state index in [2.05, 4.69) is 0 Å². The second kappa shape index (κ2) is 6.28. The summed E-state index contributed by atoms with van der Waals surface area (Å²) in [5, 5.41) is 0. The molecule has 0 bridgehead atoms. The third-order valence-electron chi connectivity index (χ3n) is 4.42. The van der Waals surface area contributed by atoms with Gasteiger partial charge in [-0.1, -0.05) is 12.1 Å². The molecule has 2 heterocycles. The van der Waals surface area contributed by atoms with E-state index >= 15 is 0 Å². The highest BCUT2D eigenvalue weighted by Gasteiger charge is 2.27. The van der Waals surface area contributed by atoms with Crippen molar-refractivity contribution in [2.45, 2.75) is 13.8 Å². The molecule has 1 aromatic carbocycles. The largest absolute Gasteiger partial charge is 0.459 e. The molecule has 0 radical (unpaired) electrons. The maximum absolute atomic E-state index is 12.7. The van der Waals surface area contributed by atoms with Crippen molar-refractivity contribution in [3.05, 3.63) is 59.0 Å². The number of hydrogen-bond donors (Lipinski definition) is 0. The second-order valence-corrected chi connectivity index (χ2v) is 5.81. The fraction of sp³-hybridized carbons (Fsp3) is 0.333. The summed E-state index contributed by atoms with van der Waals surface area (Å²) in [6, 6.07) is 9.15. The summed E-state index contributed by atoms with van der Waals surface area (Å²) < 4.78 is 5.15. The number of hydrogen-bond acceptors (Lipinski definition) is 3. The van der Waals surface area contributed by atoms with Crippen LogP contribution in [0.15, 0.2) is 41.0 Å². The summed E-state index contributed by atoms with van der Waals surface area (Å²) in [6.07, 6.45) is 1.49. The summed E-state index contributed by atoms with van der Waals surface area (Å²) in [6.45, 7) is 6.11. The van der Waals surface area contributed by atoms with Crippen LogP contribution in [0.2, 0.25) is 0 Å². The highest BCUT2D eigenvalue weighted by atomic mass is 16.3. The molecule has 1 aromatic heterocycles. The highest BCUT2D eigenvalue weighted by Crippen LogP contribution is 2.17. The first-order valence-electron chi connectivity index (χ1n) is 7.76. The van der Waals surface area contributed by atoms with Gasteiger partial charge in [-0.2, -0.15) is 0 Å². The molecule has 0 saturated carbocycles. The number of rotatable bonds is 2. The minimum absolute atomic E-state index is 0.0382. The van der Waals surface area contributed by atoms with Crippen LogP contribution in [0.25, 0.3) is 0 Å². The summed E-state index contributed by atoms with van der Waals surface area (Å²) in [7, 11) is 0. The molecule has 0 atom stereocenters. The first-order valence-corrected chi connectivity index (χ1v) is 7.76. The Balaban J connectivity index is 1.66. The topological polar surface area (TPSA) is 53.8 Å². The molecule has 2 amide bonds.